The van der Waals surface area contributed by atoms with Crippen LogP contribution in [0.4, 0.5) is 0 Å². The molecule has 0 radical (unpaired) electrons. The van der Waals surface area contributed by atoms with Crippen LogP contribution in [0.3, 0.4) is 0 Å². The minimum Gasteiger partial charge on any atom is -0.368 e. The van der Waals surface area contributed by atoms with Gasteiger partial charge in [-0.1, -0.05) is 5.16 Å². The van der Waals surface area contributed by atoms with E-state index in [9.17, 15) is 4.79 Å². The van der Waals surface area contributed by atoms with Crippen LogP contribution < -0.4 is 0 Å². The Labute approximate surface area is 162 Å². The summed E-state index contributed by atoms with van der Waals surface area (Å²) in [6, 6.07) is 3.62. The van der Waals surface area contributed by atoms with E-state index in [0.717, 1.165) is 30.5 Å². The molecule has 1 aliphatic heterocycles. The maximum Gasteiger partial charge on any atom is 0.258 e. The summed E-state index contributed by atoms with van der Waals surface area (Å²) in [7, 11) is 0. The van der Waals surface area contributed by atoms with Crippen LogP contribution in [-0.4, -0.2) is 54.9 Å². The third-order valence-corrected chi connectivity index (χ3v) is 4.63. The smallest absolute Gasteiger partial charge is 0.258 e. The molecule has 0 N–H and O–H groups in total. The number of hydrogen-bond acceptors (Lipinski definition) is 7. The predicted molar refractivity (Wildman–Crippen MR) is 98.9 cm³/mol. The van der Waals surface area contributed by atoms with Gasteiger partial charge < -0.3 is 14.2 Å². The third-order valence-electron chi connectivity index (χ3n) is 4.63. The molecule has 0 bridgehead atoms. The summed E-state index contributed by atoms with van der Waals surface area (Å²) in [6.45, 7) is 3.76. The topological polar surface area (TPSA) is 99.2 Å². The van der Waals surface area contributed by atoms with Gasteiger partial charge in [0.1, 0.15) is 13.2 Å². The number of ether oxygens (including phenoxy) is 1. The molecular formula is C19H22N6O3. The van der Waals surface area contributed by atoms with E-state index in [-0.39, 0.29) is 25.2 Å². The van der Waals surface area contributed by atoms with Gasteiger partial charge in [-0.2, -0.15) is 10.1 Å². The molecule has 1 atom stereocenters. The number of pyridine rings is 1. The number of nitrogens with zero attached hydrogens (tertiary/aromatic N) is 6. The van der Waals surface area contributed by atoms with Gasteiger partial charge in [0.25, 0.3) is 5.89 Å². The lowest BCUT2D eigenvalue weighted by Gasteiger charge is -2.32. The molecule has 1 amide bonds. The molecule has 28 heavy (non-hydrogen) atoms. The van der Waals surface area contributed by atoms with Crippen molar-refractivity contribution in [2.75, 3.05) is 13.1 Å². The Kier molecular flexibility index (Phi) is 5.43. The van der Waals surface area contributed by atoms with Crippen LogP contribution in [0.15, 0.2) is 41.4 Å². The summed E-state index contributed by atoms with van der Waals surface area (Å²) in [5.74, 6) is 0.981. The van der Waals surface area contributed by atoms with Crippen molar-refractivity contribution in [2.24, 2.45) is 0 Å². The first-order chi connectivity index (χ1) is 13.7. The summed E-state index contributed by atoms with van der Waals surface area (Å²) >= 11 is 0. The fraction of sp³-hybridized carbons (Fsp3) is 0.421. The number of hydrogen-bond donors (Lipinski definition) is 0. The first kappa shape index (κ1) is 18.3. The summed E-state index contributed by atoms with van der Waals surface area (Å²) in [5, 5.41) is 8.15. The molecule has 1 fully saturated rings. The fourth-order valence-electron chi connectivity index (χ4n) is 3.21. The van der Waals surface area contributed by atoms with Crippen molar-refractivity contribution < 1.29 is 14.1 Å². The Hall–Kier alpha value is -3.07. The Balaban J connectivity index is 1.29. The average Bonchev–Trinajstić information content (AvgIpc) is 3.36. The lowest BCUT2D eigenvalue weighted by Crippen LogP contribution is -2.44. The van der Waals surface area contributed by atoms with Crippen molar-refractivity contribution in [2.45, 2.75) is 39.0 Å². The number of amides is 1. The minimum absolute atomic E-state index is 0.0417. The number of carbonyl (C=O) groups excluding carboxylic acids is 1. The molecule has 0 aromatic carbocycles. The molecule has 4 rings (SSSR count). The third kappa shape index (κ3) is 4.42. The van der Waals surface area contributed by atoms with Crippen LogP contribution in [0.5, 0.6) is 0 Å². The van der Waals surface area contributed by atoms with Gasteiger partial charge in [-0.05, 0) is 37.5 Å². The Morgan fingerprint density at radius 3 is 3.00 bits per heavy atom. The zero-order chi connectivity index (χ0) is 19.3. The van der Waals surface area contributed by atoms with Crippen molar-refractivity contribution in [1.29, 1.82) is 0 Å². The first-order valence-electron chi connectivity index (χ1n) is 9.29. The maximum absolute atomic E-state index is 12.5. The number of likely N-dealkylation sites (tertiary alicyclic amines) is 1. The van der Waals surface area contributed by atoms with Gasteiger partial charge in [0.15, 0.2) is 5.82 Å². The van der Waals surface area contributed by atoms with Gasteiger partial charge in [0.2, 0.25) is 5.91 Å². The van der Waals surface area contributed by atoms with Crippen LogP contribution in [0.25, 0.3) is 11.5 Å². The SMILES string of the molecule is Cc1cnn(CC(=O)N2CCCC(OCc3noc(-c4ccncc4)n3)C2)c1. The minimum atomic E-state index is -0.0417. The van der Waals surface area contributed by atoms with Gasteiger partial charge in [-0.25, -0.2) is 0 Å². The van der Waals surface area contributed by atoms with Crippen molar-refractivity contribution in [1.82, 2.24) is 29.8 Å². The molecule has 9 heteroatoms. The van der Waals surface area contributed by atoms with Crippen LogP contribution >= 0.6 is 0 Å². The Morgan fingerprint density at radius 2 is 2.21 bits per heavy atom. The Morgan fingerprint density at radius 1 is 1.36 bits per heavy atom. The lowest BCUT2D eigenvalue weighted by atomic mass is 10.1. The van der Waals surface area contributed by atoms with E-state index in [1.807, 2.05) is 30.2 Å². The van der Waals surface area contributed by atoms with E-state index in [0.29, 0.717) is 18.3 Å². The first-order valence-corrected chi connectivity index (χ1v) is 9.29. The van der Waals surface area contributed by atoms with Crippen LogP contribution in [-0.2, 0) is 22.7 Å². The van der Waals surface area contributed by atoms with Crippen molar-refractivity contribution >= 4 is 5.91 Å². The van der Waals surface area contributed by atoms with E-state index >= 15 is 0 Å². The molecule has 0 saturated carbocycles. The molecule has 1 unspecified atom stereocenters. The quantitative estimate of drug-likeness (QED) is 0.641. The standard InChI is InChI=1S/C19H22N6O3/c1-14-9-21-25(10-14)12-18(26)24-8-2-3-16(11-24)27-13-17-22-19(28-23-17)15-4-6-20-7-5-15/h4-7,9-10,16H,2-3,8,11-13H2,1H3. The second-order valence-corrected chi connectivity index (χ2v) is 6.88. The summed E-state index contributed by atoms with van der Waals surface area (Å²) in [4.78, 5) is 22.7. The summed E-state index contributed by atoms with van der Waals surface area (Å²) in [6.07, 6.45) is 8.73. The second kappa shape index (κ2) is 8.30. The van der Waals surface area contributed by atoms with Gasteiger partial charge in [-0.3, -0.25) is 14.5 Å². The lowest BCUT2D eigenvalue weighted by molar-refractivity contribution is -0.136. The molecule has 4 heterocycles. The van der Waals surface area contributed by atoms with Gasteiger partial charge in [0, 0.05) is 37.2 Å². The second-order valence-electron chi connectivity index (χ2n) is 6.88. The van der Waals surface area contributed by atoms with Gasteiger partial charge in [-0.15, -0.1) is 0 Å². The number of piperidine rings is 1. The molecule has 3 aromatic rings. The highest BCUT2D eigenvalue weighted by Crippen LogP contribution is 2.18. The zero-order valence-corrected chi connectivity index (χ0v) is 15.7. The van der Waals surface area contributed by atoms with Crippen molar-refractivity contribution in [3.05, 3.63) is 48.3 Å². The van der Waals surface area contributed by atoms with E-state index < -0.39 is 0 Å². The number of aryl methyl sites for hydroxylation is 1. The molecule has 0 aliphatic carbocycles. The van der Waals surface area contributed by atoms with Gasteiger partial charge >= 0.3 is 0 Å². The van der Waals surface area contributed by atoms with E-state index in [2.05, 4.69) is 20.2 Å². The largest absolute Gasteiger partial charge is 0.368 e. The van der Waals surface area contributed by atoms with Crippen LogP contribution in [0.1, 0.15) is 24.2 Å². The number of rotatable bonds is 6. The Bertz CT molecular complexity index is 923. The average molecular weight is 382 g/mol. The number of aromatic nitrogens is 5. The molecule has 3 aromatic heterocycles. The molecular weight excluding hydrogens is 360 g/mol. The van der Waals surface area contributed by atoms with E-state index in [4.69, 9.17) is 9.26 Å². The van der Waals surface area contributed by atoms with Gasteiger partial charge in [0.05, 0.1) is 12.3 Å². The molecule has 1 saturated heterocycles. The normalized spacial score (nSPS) is 17.0. The highest BCUT2D eigenvalue weighted by Gasteiger charge is 2.25. The molecule has 1 aliphatic rings. The highest BCUT2D eigenvalue weighted by atomic mass is 16.5. The number of carbonyl (C=O) groups is 1. The van der Waals surface area contributed by atoms with E-state index in [1.54, 1.807) is 23.3 Å². The zero-order valence-electron chi connectivity index (χ0n) is 15.7. The van der Waals surface area contributed by atoms with Crippen LogP contribution in [0.2, 0.25) is 0 Å². The maximum atomic E-state index is 12.5. The molecule has 146 valence electrons. The molecule has 9 nitrogen and oxygen atoms in total. The predicted octanol–water partition coefficient (Wildman–Crippen LogP) is 1.84. The molecule has 0 spiro atoms. The van der Waals surface area contributed by atoms with E-state index in [1.165, 1.54) is 0 Å². The summed E-state index contributed by atoms with van der Waals surface area (Å²) in [5.41, 5.74) is 1.86. The fourth-order valence-corrected chi connectivity index (χ4v) is 3.21. The van der Waals surface area contributed by atoms with Crippen molar-refractivity contribution in [3.8, 4) is 11.5 Å². The van der Waals surface area contributed by atoms with Crippen molar-refractivity contribution in [3.63, 3.8) is 0 Å². The summed E-state index contributed by atoms with van der Waals surface area (Å²) < 4.78 is 12.9. The monoisotopic (exact) mass is 382 g/mol. The van der Waals surface area contributed by atoms with Crippen LogP contribution in [0, 0.1) is 6.92 Å². The highest BCUT2D eigenvalue weighted by molar-refractivity contribution is 5.76.